The summed E-state index contributed by atoms with van der Waals surface area (Å²) in [5.41, 5.74) is 13.1. The van der Waals surface area contributed by atoms with Crippen LogP contribution in [-0.4, -0.2) is 30.6 Å². The summed E-state index contributed by atoms with van der Waals surface area (Å²) in [6.45, 7) is 14.7. The lowest BCUT2D eigenvalue weighted by atomic mass is 9.85. The number of phenols is 4. The third-order valence-electron chi connectivity index (χ3n) is 9.37. The molecule has 6 N–H and O–H groups in total. The lowest BCUT2D eigenvalue weighted by Crippen LogP contribution is -2.06. The summed E-state index contributed by atoms with van der Waals surface area (Å²) in [5, 5.41) is 62.9. The van der Waals surface area contributed by atoms with Crippen molar-refractivity contribution in [3.8, 4) is 23.0 Å². The van der Waals surface area contributed by atoms with Crippen molar-refractivity contribution in [2.45, 2.75) is 87.9 Å². The molecule has 0 amide bonds. The number of phenolic OH excluding ortho intramolecular Hbond substituents is 2. The van der Waals surface area contributed by atoms with Gasteiger partial charge in [0.25, 0.3) is 0 Å². The standard InChI is InChI=1S/C37H44O6/c1-18-9-26(22(5)30(34(18)40)14-28-11-20(3)36(42)32(16-38)24(28)7)13-27-10-19(2)35(41)31(23(27)6)15-29-12-21(4)37(43)33(17-39)25(29)8/h9-12,38-43H,13-17H2,1-8H3. The van der Waals surface area contributed by atoms with Gasteiger partial charge in [-0.3, -0.25) is 0 Å². The maximum Gasteiger partial charge on any atom is 0.124 e. The monoisotopic (exact) mass is 584 g/mol. The van der Waals surface area contributed by atoms with E-state index in [-0.39, 0.29) is 36.2 Å². The number of aliphatic hydroxyl groups is 2. The number of aromatic hydroxyl groups is 4. The molecule has 0 atom stereocenters. The summed E-state index contributed by atoms with van der Waals surface area (Å²) in [4.78, 5) is 0. The maximum absolute atomic E-state index is 11.2. The number of aryl methyl sites for hydroxylation is 4. The van der Waals surface area contributed by atoms with Crippen molar-refractivity contribution in [3.05, 3.63) is 113 Å². The summed E-state index contributed by atoms with van der Waals surface area (Å²) in [6, 6.07) is 7.87. The van der Waals surface area contributed by atoms with E-state index in [1.807, 2.05) is 79.7 Å². The SMILES string of the molecule is Cc1cc(Cc2c(C)c(Cc3cc(C)c(O)c(Cc4cc(C)c(O)c(CO)c4C)c3C)cc(C)c2O)c(C)c(CO)c1O. The van der Waals surface area contributed by atoms with Crippen molar-refractivity contribution < 1.29 is 30.6 Å². The first kappa shape index (κ1) is 31.9. The molecule has 0 saturated heterocycles. The van der Waals surface area contributed by atoms with Gasteiger partial charge in [-0.2, -0.15) is 0 Å². The lowest BCUT2D eigenvalue weighted by Gasteiger charge is -2.21. The zero-order valence-electron chi connectivity index (χ0n) is 26.5. The highest BCUT2D eigenvalue weighted by Crippen LogP contribution is 2.38. The number of aliphatic hydroxyl groups excluding tert-OH is 2. The van der Waals surface area contributed by atoms with Crippen LogP contribution in [-0.2, 0) is 32.5 Å². The molecule has 4 aromatic rings. The molecule has 6 heteroatoms. The molecule has 4 aromatic carbocycles. The molecule has 43 heavy (non-hydrogen) atoms. The minimum atomic E-state index is -0.261. The van der Waals surface area contributed by atoms with Crippen LogP contribution in [0.1, 0.15) is 89.0 Å². The molecule has 0 heterocycles. The van der Waals surface area contributed by atoms with Crippen LogP contribution in [0.4, 0.5) is 0 Å². The van der Waals surface area contributed by atoms with Gasteiger partial charge in [-0.25, -0.2) is 0 Å². The fourth-order valence-electron chi connectivity index (χ4n) is 6.33. The van der Waals surface area contributed by atoms with E-state index in [4.69, 9.17) is 0 Å². The van der Waals surface area contributed by atoms with Gasteiger partial charge >= 0.3 is 0 Å². The van der Waals surface area contributed by atoms with Crippen molar-refractivity contribution >= 4 is 0 Å². The molecule has 0 spiro atoms. The van der Waals surface area contributed by atoms with Crippen LogP contribution >= 0.6 is 0 Å². The van der Waals surface area contributed by atoms with Crippen molar-refractivity contribution in [1.29, 1.82) is 0 Å². The second-order valence-electron chi connectivity index (χ2n) is 12.1. The van der Waals surface area contributed by atoms with Gasteiger partial charge in [0.2, 0.25) is 0 Å². The number of benzene rings is 4. The lowest BCUT2D eigenvalue weighted by molar-refractivity contribution is 0.274. The number of rotatable bonds is 8. The highest BCUT2D eigenvalue weighted by molar-refractivity contribution is 5.58. The molecule has 0 fully saturated rings. The Morgan fingerprint density at radius 3 is 0.884 bits per heavy atom. The first-order chi connectivity index (χ1) is 20.2. The van der Waals surface area contributed by atoms with E-state index in [1.54, 1.807) is 0 Å². The smallest absolute Gasteiger partial charge is 0.124 e. The molecule has 0 aliphatic rings. The van der Waals surface area contributed by atoms with Crippen molar-refractivity contribution in [3.63, 3.8) is 0 Å². The summed E-state index contributed by atoms with van der Waals surface area (Å²) in [5.74, 6) is 0.700. The third-order valence-corrected chi connectivity index (χ3v) is 9.37. The Morgan fingerprint density at radius 1 is 0.372 bits per heavy atom. The first-order valence-corrected chi connectivity index (χ1v) is 14.7. The molecule has 0 aliphatic carbocycles. The van der Waals surface area contributed by atoms with Gasteiger partial charge < -0.3 is 30.6 Å². The molecular weight excluding hydrogens is 540 g/mol. The summed E-state index contributed by atoms with van der Waals surface area (Å²) >= 11 is 0. The molecule has 4 rings (SSSR count). The minimum absolute atomic E-state index is 0.105. The van der Waals surface area contributed by atoms with Crippen LogP contribution in [0, 0.1) is 55.4 Å². The van der Waals surface area contributed by atoms with Crippen LogP contribution in [0.3, 0.4) is 0 Å². The number of hydrogen-bond donors (Lipinski definition) is 6. The van der Waals surface area contributed by atoms with E-state index < -0.39 is 0 Å². The van der Waals surface area contributed by atoms with E-state index in [1.165, 1.54) is 0 Å². The first-order valence-electron chi connectivity index (χ1n) is 14.7. The van der Waals surface area contributed by atoms with Gasteiger partial charge in [-0.05, 0) is 129 Å². The van der Waals surface area contributed by atoms with Gasteiger partial charge in [-0.15, -0.1) is 0 Å². The zero-order chi connectivity index (χ0) is 31.9. The van der Waals surface area contributed by atoms with Gasteiger partial charge in [0.1, 0.15) is 23.0 Å². The average Bonchev–Trinajstić information content (AvgIpc) is 2.96. The molecule has 0 unspecified atom stereocenters. The molecule has 6 nitrogen and oxygen atoms in total. The molecule has 0 radical (unpaired) electrons. The van der Waals surface area contributed by atoms with Crippen LogP contribution < -0.4 is 0 Å². The second-order valence-corrected chi connectivity index (χ2v) is 12.1. The highest BCUT2D eigenvalue weighted by atomic mass is 16.3. The maximum atomic E-state index is 11.2. The van der Waals surface area contributed by atoms with Crippen LogP contribution in [0.15, 0.2) is 24.3 Å². The van der Waals surface area contributed by atoms with E-state index >= 15 is 0 Å². The number of hydrogen-bond acceptors (Lipinski definition) is 6. The third kappa shape index (κ3) is 5.82. The molecule has 228 valence electrons. The van der Waals surface area contributed by atoms with Crippen molar-refractivity contribution in [2.75, 3.05) is 0 Å². The Hall–Kier alpha value is -4.00. The summed E-state index contributed by atoms with van der Waals surface area (Å²) in [7, 11) is 0. The summed E-state index contributed by atoms with van der Waals surface area (Å²) in [6.07, 6.45) is 1.51. The van der Waals surface area contributed by atoms with E-state index in [9.17, 15) is 30.6 Å². The second kappa shape index (κ2) is 12.3. The van der Waals surface area contributed by atoms with Crippen LogP contribution in [0.5, 0.6) is 23.0 Å². The van der Waals surface area contributed by atoms with Gasteiger partial charge in [0, 0.05) is 35.1 Å². The Bertz CT molecular complexity index is 1600. The van der Waals surface area contributed by atoms with Gasteiger partial charge in [0.15, 0.2) is 0 Å². The van der Waals surface area contributed by atoms with Crippen molar-refractivity contribution in [2.24, 2.45) is 0 Å². The van der Waals surface area contributed by atoms with Gasteiger partial charge in [0.05, 0.1) is 13.2 Å². The Kier molecular flexibility index (Phi) is 9.14. The fourth-order valence-corrected chi connectivity index (χ4v) is 6.33. The largest absolute Gasteiger partial charge is 0.507 e. The summed E-state index contributed by atoms with van der Waals surface area (Å²) < 4.78 is 0. The van der Waals surface area contributed by atoms with E-state index in [2.05, 4.69) is 0 Å². The highest BCUT2D eigenvalue weighted by Gasteiger charge is 2.21. The Labute approximate surface area is 254 Å². The molecule has 0 aromatic heterocycles. The Morgan fingerprint density at radius 2 is 0.605 bits per heavy atom. The predicted octanol–water partition coefficient (Wildman–Crippen LogP) is 6.73. The van der Waals surface area contributed by atoms with Crippen LogP contribution in [0.25, 0.3) is 0 Å². The van der Waals surface area contributed by atoms with Crippen molar-refractivity contribution in [1.82, 2.24) is 0 Å². The van der Waals surface area contributed by atoms with Gasteiger partial charge in [-0.1, -0.05) is 24.3 Å². The topological polar surface area (TPSA) is 121 Å². The average molecular weight is 585 g/mol. The molecular formula is C37H44O6. The molecule has 0 aliphatic heterocycles. The van der Waals surface area contributed by atoms with E-state index in [0.717, 1.165) is 66.8 Å². The Balaban J connectivity index is 1.79. The normalized spacial score (nSPS) is 11.4. The van der Waals surface area contributed by atoms with Crippen LogP contribution in [0.2, 0.25) is 0 Å². The molecule has 0 bridgehead atoms. The van der Waals surface area contributed by atoms with E-state index in [0.29, 0.717) is 41.5 Å². The quantitative estimate of drug-likeness (QED) is 0.137. The molecule has 0 saturated carbocycles. The predicted molar refractivity (Wildman–Crippen MR) is 171 cm³/mol. The zero-order valence-corrected chi connectivity index (χ0v) is 26.5. The minimum Gasteiger partial charge on any atom is -0.507 e. The fraction of sp³-hybridized carbons (Fsp3) is 0.351.